The Balaban J connectivity index is 1.62. The molecule has 0 fully saturated rings. The minimum absolute atomic E-state index is 0.381. The highest BCUT2D eigenvalue weighted by atomic mass is 79.9. The van der Waals surface area contributed by atoms with E-state index < -0.39 is 6.09 Å². The molecule has 4 aromatic rings. The molecule has 0 aliphatic carbocycles. The van der Waals surface area contributed by atoms with E-state index >= 15 is 0 Å². The summed E-state index contributed by atoms with van der Waals surface area (Å²) in [6.45, 7) is 1.85. The molecule has 1 aromatic heterocycles. The summed E-state index contributed by atoms with van der Waals surface area (Å²) in [7, 11) is 3.14. The number of fused-ring (bicyclic) bond motifs is 1. The second-order valence-electron chi connectivity index (χ2n) is 7.51. The first kappa shape index (κ1) is 23.4. The van der Waals surface area contributed by atoms with E-state index in [1.807, 2.05) is 37.3 Å². The second-order valence-corrected chi connectivity index (χ2v) is 8.43. The molecule has 0 aliphatic heterocycles. The summed E-state index contributed by atoms with van der Waals surface area (Å²) in [5.74, 6) is 2.31. The normalized spacial score (nSPS) is 11.6. The third kappa shape index (κ3) is 4.77. The van der Waals surface area contributed by atoms with Crippen LogP contribution in [0.15, 0.2) is 77.4 Å². The largest absolute Gasteiger partial charge is 0.493 e. The number of nitrogens with zero attached hydrogens (tertiary/aromatic N) is 2. The van der Waals surface area contributed by atoms with Gasteiger partial charge in [-0.1, -0.05) is 28.1 Å². The molecule has 4 rings (SSSR count). The van der Waals surface area contributed by atoms with Gasteiger partial charge in [0.15, 0.2) is 11.5 Å². The van der Waals surface area contributed by atoms with E-state index in [-0.39, 0.29) is 6.04 Å². The van der Waals surface area contributed by atoms with Gasteiger partial charge in [-0.25, -0.2) is 4.79 Å². The molecule has 0 bridgehead atoms. The zero-order valence-corrected chi connectivity index (χ0v) is 20.4. The maximum atomic E-state index is 12.1. The number of ether oxygens (including phenoxy) is 3. The zero-order valence-electron chi connectivity index (χ0n) is 18.9. The van der Waals surface area contributed by atoms with Gasteiger partial charge in [0.2, 0.25) is 0 Å². The molecule has 1 atom stereocenters. The molecule has 0 aliphatic rings. The Morgan fingerprint density at radius 3 is 2.32 bits per heavy atom. The maximum absolute atomic E-state index is 12.1. The second kappa shape index (κ2) is 10.0. The molecular formula is C26H23BrN2O5. The molecule has 174 valence electrons. The highest BCUT2D eigenvalue weighted by molar-refractivity contribution is 9.10. The van der Waals surface area contributed by atoms with E-state index in [4.69, 9.17) is 14.2 Å². The number of hydrogen-bond donors (Lipinski definition) is 1. The zero-order chi connectivity index (χ0) is 24.2. The average Bonchev–Trinajstić information content (AvgIpc) is 2.84. The Labute approximate surface area is 205 Å². The van der Waals surface area contributed by atoms with Gasteiger partial charge in [0.1, 0.15) is 11.5 Å². The smallest absolute Gasteiger partial charge is 0.412 e. The number of halogens is 1. The van der Waals surface area contributed by atoms with Gasteiger partial charge in [-0.15, -0.1) is 0 Å². The molecule has 1 amide bonds. The third-order valence-corrected chi connectivity index (χ3v) is 5.97. The van der Waals surface area contributed by atoms with Crippen molar-refractivity contribution in [2.45, 2.75) is 13.0 Å². The van der Waals surface area contributed by atoms with Crippen LogP contribution in [0, 0.1) is 0 Å². The number of hydrogen-bond acceptors (Lipinski definition) is 5. The summed E-state index contributed by atoms with van der Waals surface area (Å²) in [6, 6.07) is 19.5. The molecule has 7 nitrogen and oxygen atoms in total. The molecule has 0 radical (unpaired) electrons. The van der Waals surface area contributed by atoms with Crippen LogP contribution in [-0.2, 0) is 0 Å². The van der Waals surface area contributed by atoms with Gasteiger partial charge in [-0.2, -0.15) is 0 Å². The van der Waals surface area contributed by atoms with Gasteiger partial charge in [0.05, 0.1) is 25.8 Å². The van der Waals surface area contributed by atoms with Crippen LogP contribution in [0.4, 0.5) is 10.5 Å². The number of carboxylic acid groups (broad SMARTS) is 1. The lowest BCUT2D eigenvalue weighted by Crippen LogP contribution is -2.32. The topological polar surface area (TPSA) is 81.1 Å². The van der Waals surface area contributed by atoms with Crippen molar-refractivity contribution in [1.29, 1.82) is 0 Å². The van der Waals surface area contributed by atoms with Gasteiger partial charge in [0.25, 0.3) is 0 Å². The highest BCUT2D eigenvalue weighted by Crippen LogP contribution is 2.37. The van der Waals surface area contributed by atoms with Crippen LogP contribution in [0.1, 0.15) is 18.5 Å². The summed E-state index contributed by atoms with van der Waals surface area (Å²) in [4.78, 5) is 17.8. The molecule has 1 unspecified atom stereocenters. The van der Waals surface area contributed by atoms with Crippen LogP contribution in [0.5, 0.6) is 23.0 Å². The van der Waals surface area contributed by atoms with E-state index in [2.05, 4.69) is 20.9 Å². The molecule has 1 heterocycles. The number of pyridine rings is 1. The van der Waals surface area contributed by atoms with Crippen molar-refractivity contribution in [3.8, 4) is 23.0 Å². The lowest BCUT2D eigenvalue weighted by molar-refractivity contribution is 0.199. The van der Waals surface area contributed by atoms with Crippen LogP contribution >= 0.6 is 15.9 Å². The van der Waals surface area contributed by atoms with Gasteiger partial charge >= 0.3 is 6.09 Å². The Morgan fingerprint density at radius 2 is 1.68 bits per heavy atom. The van der Waals surface area contributed by atoms with Crippen LogP contribution in [0.25, 0.3) is 10.9 Å². The lowest BCUT2D eigenvalue weighted by Gasteiger charge is -2.27. The molecule has 0 saturated heterocycles. The number of rotatable bonds is 7. The van der Waals surface area contributed by atoms with E-state index in [1.165, 1.54) is 4.90 Å². The van der Waals surface area contributed by atoms with Crippen LogP contribution < -0.4 is 19.1 Å². The number of anilines is 1. The summed E-state index contributed by atoms with van der Waals surface area (Å²) >= 11 is 3.45. The van der Waals surface area contributed by atoms with Crippen LogP contribution in [0.3, 0.4) is 0 Å². The van der Waals surface area contributed by atoms with Crippen molar-refractivity contribution >= 4 is 38.6 Å². The Morgan fingerprint density at radius 1 is 0.971 bits per heavy atom. The van der Waals surface area contributed by atoms with Gasteiger partial charge in [-0.3, -0.25) is 9.88 Å². The quantitative estimate of drug-likeness (QED) is 0.280. The van der Waals surface area contributed by atoms with Gasteiger partial charge < -0.3 is 19.3 Å². The fourth-order valence-electron chi connectivity index (χ4n) is 3.75. The summed E-state index contributed by atoms with van der Waals surface area (Å²) < 4.78 is 17.8. The lowest BCUT2D eigenvalue weighted by atomic mass is 10.1. The van der Waals surface area contributed by atoms with Crippen molar-refractivity contribution in [3.05, 3.63) is 83.0 Å². The van der Waals surface area contributed by atoms with E-state index in [0.717, 1.165) is 15.4 Å². The minimum Gasteiger partial charge on any atom is -0.493 e. The molecule has 0 saturated carbocycles. The van der Waals surface area contributed by atoms with Crippen LogP contribution in [-0.4, -0.2) is 30.4 Å². The first-order valence-corrected chi connectivity index (χ1v) is 11.3. The molecule has 0 spiro atoms. The molecule has 8 heteroatoms. The van der Waals surface area contributed by atoms with Crippen molar-refractivity contribution in [3.63, 3.8) is 0 Å². The SMILES string of the molecule is COc1cc2nccc(Oc3ccc(N(C(=O)O)C(C)c4cccc(Br)c4)cc3)c2cc1OC. The molecule has 3 aromatic carbocycles. The minimum atomic E-state index is -1.04. The standard InChI is InChI=1S/C26H23BrN2O5/c1-16(17-5-4-6-18(27)13-17)29(26(30)31)19-7-9-20(10-8-19)34-23-11-12-28-22-15-25(33-3)24(32-2)14-21(22)23/h4-16H,1-3H3,(H,30,31). The Bertz CT molecular complexity index is 1330. The number of carbonyl (C=O) groups is 1. The molecule has 34 heavy (non-hydrogen) atoms. The van der Waals surface area contributed by atoms with E-state index in [0.29, 0.717) is 34.2 Å². The maximum Gasteiger partial charge on any atom is 0.412 e. The molecular weight excluding hydrogens is 500 g/mol. The fraction of sp³-hybridized carbons (Fsp3) is 0.154. The first-order chi connectivity index (χ1) is 16.4. The van der Waals surface area contributed by atoms with E-state index in [1.54, 1.807) is 56.8 Å². The third-order valence-electron chi connectivity index (χ3n) is 5.47. The molecule has 1 N–H and O–H groups in total. The number of benzene rings is 3. The number of amides is 1. The predicted octanol–water partition coefficient (Wildman–Crippen LogP) is 7.05. The summed E-state index contributed by atoms with van der Waals surface area (Å²) in [6.07, 6.45) is 0.617. The average molecular weight is 523 g/mol. The van der Waals surface area contributed by atoms with Crippen molar-refractivity contribution in [2.24, 2.45) is 0 Å². The summed E-state index contributed by atoms with van der Waals surface area (Å²) in [5, 5.41) is 10.7. The van der Waals surface area contributed by atoms with Crippen molar-refractivity contribution in [1.82, 2.24) is 4.98 Å². The van der Waals surface area contributed by atoms with Crippen LogP contribution in [0.2, 0.25) is 0 Å². The van der Waals surface area contributed by atoms with E-state index in [9.17, 15) is 9.90 Å². The van der Waals surface area contributed by atoms with Crippen molar-refractivity contribution < 1.29 is 24.1 Å². The fourth-order valence-corrected chi connectivity index (χ4v) is 4.17. The van der Waals surface area contributed by atoms with Crippen molar-refractivity contribution in [2.75, 3.05) is 19.1 Å². The van der Waals surface area contributed by atoms with Gasteiger partial charge in [-0.05, 0) is 61.0 Å². The monoisotopic (exact) mass is 522 g/mol. The highest BCUT2D eigenvalue weighted by Gasteiger charge is 2.23. The Kier molecular flexibility index (Phi) is 6.88. The summed E-state index contributed by atoms with van der Waals surface area (Å²) in [5.41, 5.74) is 2.12. The number of methoxy groups -OCH3 is 2. The Hall–Kier alpha value is -3.78. The predicted molar refractivity (Wildman–Crippen MR) is 134 cm³/mol. The first-order valence-electron chi connectivity index (χ1n) is 10.5. The van der Waals surface area contributed by atoms with Gasteiger partial charge in [0, 0.05) is 27.8 Å². The number of aromatic nitrogens is 1.